The first-order valence-electron chi connectivity index (χ1n) is 5.79. The van der Waals surface area contributed by atoms with Crippen LogP contribution in [0.15, 0.2) is 42.5 Å². The molecule has 2 nitrogen and oxygen atoms in total. The molecule has 1 heterocycles. The van der Waals surface area contributed by atoms with Crippen LogP contribution in [0, 0.1) is 5.92 Å². The van der Waals surface area contributed by atoms with Crippen LogP contribution in [0.3, 0.4) is 0 Å². The highest BCUT2D eigenvalue weighted by atomic mass is 35.5. The average molecular weight is 280 g/mol. The van der Waals surface area contributed by atoms with Gasteiger partial charge in [-0.1, -0.05) is 53.6 Å². The third-order valence-corrected chi connectivity index (χ3v) is 3.98. The number of hydrogen-bond donors (Lipinski definition) is 0. The summed E-state index contributed by atoms with van der Waals surface area (Å²) in [5.41, 5.74) is 0.623. The van der Waals surface area contributed by atoms with Crippen LogP contribution in [-0.4, -0.2) is 11.9 Å². The van der Waals surface area contributed by atoms with E-state index in [1.54, 1.807) is 23.1 Å². The van der Waals surface area contributed by atoms with Gasteiger partial charge < -0.3 is 4.90 Å². The molecular weight excluding hydrogens is 269 g/mol. The van der Waals surface area contributed by atoms with Crippen LogP contribution in [0.1, 0.15) is 6.42 Å². The normalized spacial score (nSPS) is 25.7. The lowest BCUT2D eigenvalue weighted by Crippen LogP contribution is -2.34. The van der Waals surface area contributed by atoms with Crippen molar-refractivity contribution in [3.63, 3.8) is 0 Å². The van der Waals surface area contributed by atoms with E-state index in [4.69, 9.17) is 23.2 Å². The van der Waals surface area contributed by atoms with Gasteiger partial charge in [0.15, 0.2) is 0 Å². The molecule has 1 amide bonds. The molecule has 1 saturated heterocycles. The van der Waals surface area contributed by atoms with Crippen molar-refractivity contribution in [3.8, 4) is 0 Å². The molecule has 1 fully saturated rings. The van der Waals surface area contributed by atoms with Gasteiger partial charge in [-0.2, -0.15) is 0 Å². The van der Waals surface area contributed by atoms with E-state index in [-0.39, 0.29) is 17.9 Å². The molecule has 4 heteroatoms. The van der Waals surface area contributed by atoms with Crippen molar-refractivity contribution in [1.82, 2.24) is 0 Å². The fraction of sp³-hybridized carbons (Fsp3) is 0.214. The highest BCUT2D eigenvalue weighted by molar-refractivity contribution is 6.40. The number of amides is 1. The molecule has 92 valence electrons. The Labute approximate surface area is 115 Å². The van der Waals surface area contributed by atoms with Crippen LogP contribution in [-0.2, 0) is 4.79 Å². The fourth-order valence-electron chi connectivity index (χ4n) is 2.57. The number of allylic oxidation sites excluding steroid dienone is 2. The first-order valence-corrected chi connectivity index (χ1v) is 6.55. The summed E-state index contributed by atoms with van der Waals surface area (Å²) in [6, 6.07) is 5.32. The minimum Gasteiger partial charge on any atom is -0.302 e. The Morgan fingerprint density at radius 3 is 2.50 bits per heavy atom. The Balaban J connectivity index is 2.09. The Hall–Kier alpha value is -1.25. The van der Waals surface area contributed by atoms with Crippen molar-refractivity contribution in [3.05, 3.63) is 52.5 Å². The van der Waals surface area contributed by atoms with Gasteiger partial charge in [-0.05, 0) is 12.1 Å². The lowest BCUT2D eigenvalue weighted by Gasteiger charge is -2.27. The van der Waals surface area contributed by atoms with E-state index in [2.05, 4.69) is 6.08 Å². The highest BCUT2D eigenvalue weighted by Gasteiger charge is 2.40. The molecule has 2 unspecified atom stereocenters. The Bertz CT molecular complexity index is 545. The second kappa shape index (κ2) is 4.45. The molecule has 0 radical (unpaired) electrons. The third-order valence-electron chi connectivity index (χ3n) is 3.37. The zero-order valence-electron chi connectivity index (χ0n) is 9.51. The molecule has 2 aliphatic rings. The Morgan fingerprint density at radius 1 is 1.11 bits per heavy atom. The molecule has 0 bridgehead atoms. The molecule has 0 saturated carbocycles. The SMILES string of the molecule is O=C1CC2C=CC=CC2N1c1c(Cl)cccc1Cl. The molecule has 1 aliphatic heterocycles. The number of carbonyl (C=O) groups is 1. The number of nitrogens with zero attached hydrogens (tertiary/aromatic N) is 1. The highest BCUT2D eigenvalue weighted by Crippen LogP contribution is 2.41. The number of fused-ring (bicyclic) bond motifs is 1. The number of para-hydroxylation sites is 1. The monoisotopic (exact) mass is 279 g/mol. The number of carbonyl (C=O) groups excluding carboxylic acids is 1. The fourth-order valence-corrected chi connectivity index (χ4v) is 3.15. The van der Waals surface area contributed by atoms with Crippen molar-refractivity contribution < 1.29 is 4.79 Å². The minimum absolute atomic E-state index is 0.0277. The number of anilines is 1. The molecule has 1 aromatic rings. The second-order valence-corrected chi connectivity index (χ2v) is 5.28. The van der Waals surface area contributed by atoms with Crippen LogP contribution in [0.25, 0.3) is 0 Å². The van der Waals surface area contributed by atoms with Gasteiger partial charge in [0.25, 0.3) is 0 Å². The average Bonchev–Trinajstić information content (AvgIpc) is 2.66. The van der Waals surface area contributed by atoms with Crippen molar-refractivity contribution in [2.24, 2.45) is 5.92 Å². The minimum atomic E-state index is 0.0277. The van der Waals surface area contributed by atoms with Crippen molar-refractivity contribution >= 4 is 34.8 Å². The molecule has 3 rings (SSSR count). The zero-order valence-corrected chi connectivity index (χ0v) is 11.0. The summed E-state index contributed by atoms with van der Waals surface area (Å²) in [4.78, 5) is 13.9. The van der Waals surface area contributed by atoms with Crippen molar-refractivity contribution in [1.29, 1.82) is 0 Å². The Morgan fingerprint density at radius 2 is 1.78 bits per heavy atom. The summed E-state index contributed by atoms with van der Waals surface area (Å²) in [6.07, 6.45) is 8.53. The van der Waals surface area contributed by atoms with Gasteiger partial charge in [0, 0.05) is 12.3 Å². The lowest BCUT2D eigenvalue weighted by atomic mass is 9.96. The van der Waals surface area contributed by atoms with Crippen LogP contribution in [0.5, 0.6) is 0 Å². The van der Waals surface area contributed by atoms with Gasteiger partial charge in [-0.25, -0.2) is 0 Å². The van der Waals surface area contributed by atoms with E-state index in [0.29, 0.717) is 22.2 Å². The molecule has 0 N–H and O–H groups in total. The molecule has 2 atom stereocenters. The summed E-state index contributed by atoms with van der Waals surface area (Å²) in [7, 11) is 0. The number of benzene rings is 1. The smallest absolute Gasteiger partial charge is 0.228 e. The molecular formula is C14H11Cl2NO. The van der Waals surface area contributed by atoms with Crippen molar-refractivity contribution in [2.45, 2.75) is 12.5 Å². The van der Waals surface area contributed by atoms with E-state index in [1.165, 1.54) is 0 Å². The zero-order chi connectivity index (χ0) is 12.7. The van der Waals surface area contributed by atoms with Crippen LogP contribution in [0.4, 0.5) is 5.69 Å². The standard InChI is InChI=1S/C14H11Cl2NO/c15-10-5-3-6-11(16)14(10)17-12-7-2-1-4-9(12)8-13(17)18/h1-7,9,12H,8H2. The molecule has 0 spiro atoms. The second-order valence-electron chi connectivity index (χ2n) is 4.46. The summed E-state index contributed by atoms with van der Waals surface area (Å²) < 4.78 is 0. The van der Waals surface area contributed by atoms with Gasteiger partial charge in [0.1, 0.15) is 0 Å². The summed E-state index contributed by atoms with van der Waals surface area (Å²) in [5.74, 6) is 0.283. The van der Waals surface area contributed by atoms with Crippen LogP contribution in [0.2, 0.25) is 10.0 Å². The summed E-state index contributed by atoms with van der Waals surface area (Å²) in [5, 5.41) is 1.03. The predicted molar refractivity (Wildman–Crippen MR) is 74.1 cm³/mol. The topological polar surface area (TPSA) is 20.3 Å². The largest absolute Gasteiger partial charge is 0.302 e. The predicted octanol–water partition coefficient (Wildman–Crippen LogP) is 3.84. The summed E-state index contributed by atoms with van der Waals surface area (Å²) >= 11 is 12.4. The van der Waals surface area contributed by atoms with E-state index in [9.17, 15) is 4.79 Å². The molecule has 1 aromatic carbocycles. The molecule has 1 aliphatic carbocycles. The van der Waals surface area contributed by atoms with Crippen molar-refractivity contribution in [2.75, 3.05) is 4.90 Å². The van der Waals surface area contributed by atoms with E-state index in [0.717, 1.165) is 0 Å². The number of halogens is 2. The van der Waals surface area contributed by atoms with E-state index >= 15 is 0 Å². The van der Waals surface area contributed by atoms with E-state index in [1.807, 2.05) is 18.2 Å². The number of rotatable bonds is 1. The van der Waals surface area contributed by atoms with Gasteiger partial charge in [-0.3, -0.25) is 4.79 Å². The van der Waals surface area contributed by atoms with Crippen LogP contribution < -0.4 is 4.90 Å². The number of hydrogen-bond acceptors (Lipinski definition) is 1. The maximum atomic E-state index is 12.2. The third kappa shape index (κ3) is 1.76. The first-order chi connectivity index (χ1) is 8.68. The lowest BCUT2D eigenvalue weighted by molar-refractivity contribution is -0.117. The van der Waals surface area contributed by atoms with Gasteiger partial charge in [-0.15, -0.1) is 0 Å². The van der Waals surface area contributed by atoms with Gasteiger partial charge in [0.2, 0.25) is 5.91 Å². The molecule has 0 aromatic heterocycles. The van der Waals surface area contributed by atoms with E-state index < -0.39 is 0 Å². The van der Waals surface area contributed by atoms with Gasteiger partial charge >= 0.3 is 0 Å². The quantitative estimate of drug-likeness (QED) is 0.765. The van der Waals surface area contributed by atoms with Gasteiger partial charge in [0.05, 0.1) is 21.8 Å². The maximum absolute atomic E-state index is 12.2. The first kappa shape index (κ1) is 11.8. The Kier molecular flexibility index (Phi) is 2.92. The maximum Gasteiger partial charge on any atom is 0.228 e. The summed E-state index contributed by atoms with van der Waals surface area (Å²) in [6.45, 7) is 0. The molecule has 18 heavy (non-hydrogen) atoms. The van der Waals surface area contributed by atoms with Crippen LogP contribution >= 0.6 is 23.2 Å².